The topological polar surface area (TPSA) is 52.7 Å². The van der Waals surface area contributed by atoms with Gasteiger partial charge in [-0.05, 0) is 31.0 Å². The summed E-state index contributed by atoms with van der Waals surface area (Å²) in [5.41, 5.74) is 2.30. The molecule has 0 saturated carbocycles. The molecule has 0 spiro atoms. The first-order valence-corrected chi connectivity index (χ1v) is 10.1. The zero-order valence-electron chi connectivity index (χ0n) is 16.5. The first-order valence-electron chi connectivity index (χ1n) is 10.1. The van der Waals surface area contributed by atoms with Crippen LogP contribution in [0.5, 0.6) is 0 Å². The van der Waals surface area contributed by atoms with Gasteiger partial charge in [0.25, 0.3) is 0 Å². The van der Waals surface area contributed by atoms with Gasteiger partial charge in [-0.15, -0.1) is 0 Å². The van der Waals surface area contributed by atoms with Crippen LogP contribution in [0.1, 0.15) is 25.3 Å². The number of carbonyl (C=O) groups is 2. The lowest BCUT2D eigenvalue weighted by atomic mass is 10.1. The van der Waals surface area contributed by atoms with Crippen LogP contribution < -0.4 is 10.2 Å². The molecule has 0 bridgehead atoms. The fourth-order valence-corrected chi connectivity index (χ4v) is 3.64. The molecular formula is C23H29N3O2. The van der Waals surface area contributed by atoms with Gasteiger partial charge in [0.2, 0.25) is 11.8 Å². The van der Waals surface area contributed by atoms with Gasteiger partial charge in [0.1, 0.15) is 0 Å². The lowest BCUT2D eigenvalue weighted by Gasteiger charge is -2.23. The molecule has 5 nitrogen and oxygen atoms in total. The molecule has 1 N–H and O–H groups in total. The van der Waals surface area contributed by atoms with Crippen molar-refractivity contribution in [1.82, 2.24) is 10.2 Å². The molecule has 0 aromatic heterocycles. The summed E-state index contributed by atoms with van der Waals surface area (Å²) in [5, 5.41) is 3.02. The van der Waals surface area contributed by atoms with Crippen molar-refractivity contribution in [1.29, 1.82) is 0 Å². The average Bonchev–Trinajstić information content (AvgIpc) is 3.10. The van der Waals surface area contributed by atoms with Crippen molar-refractivity contribution < 1.29 is 9.59 Å². The van der Waals surface area contributed by atoms with Gasteiger partial charge in [-0.25, -0.2) is 0 Å². The number of nitrogens with one attached hydrogen (secondary N) is 1. The highest BCUT2D eigenvalue weighted by Gasteiger charge is 2.33. The van der Waals surface area contributed by atoms with Gasteiger partial charge in [-0.3, -0.25) is 9.59 Å². The summed E-state index contributed by atoms with van der Waals surface area (Å²) in [6, 6.07) is 20.2. The Morgan fingerprint density at radius 1 is 1.11 bits per heavy atom. The van der Waals surface area contributed by atoms with Crippen LogP contribution in [0.4, 0.5) is 5.69 Å². The molecule has 1 heterocycles. The maximum atomic E-state index is 12.5. The second kappa shape index (κ2) is 9.93. The fraction of sp³-hybridized carbons (Fsp3) is 0.391. The van der Waals surface area contributed by atoms with Gasteiger partial charge >= 0.3 is 0 Å². The van der Waals surface area contributed by atoms with Gasteiger partial charge < -0.3 is 15.1 Å². The molecule has 1 fully saturated rings. The quantitative estimate of drug-likeness (QED) is 0.681. The van der Waals surface area contributed by atoms with E-state index in [1.165, 1.54) is 5.69 Å². The summed E-state index contributed by atoms with van der Waals surface area (Å²) in [7, 11) is 0. The smallest absolute Gasteiger partial charge is 0.225 e. The van der Waals surface area contributed by atoms with Gasteiger partial charge in [0.05, 0.1) is 5.92 Å². The number of nitrogens with zero attached hydrogens (tertiary/aromatic N) is 2. The average molecular weight is 380 g/mol. The number of rotatable bonds is 9. The van der Waals surface area contributed by atoms with E-state index in [0.29, 0.717) is 26.1 Å². The van der Waals surface area contributed by atoms with Crippen LogP contribution in [0.2, 0.25) is 0 Å². The number of carbonyl (C=O) groups excluding carboxylic acids is 2. The van der Waals surface area contributed by atoms with Crippen LogP contribution in [0.15, 0.2) is 60.7 Å². The van der Waals surface area contributed by atoms with E-state index in [1.807, 2.05) is 48.5 Å². The number of hydrogen-bond acceptors (Lipinski definition) is 3. The summed E-state index contributed by atoms with van der Waals surface area (Å²) < 4.78 is 0. The summed E-state index contributed by atoms with van der Waals surface area (Å²) in [4.78, 5) is 28.8. The number of para-hydroxylation sites is 1. The number of hydrogen-bond donors (Lipinski definition) is 1. The van der Waals surface area contributed by atoms with Crippen molar-refractivity contribution in [3.63, 3.8) is 0 Å². The molecule has 28 heavy (non-hydrogen) atoms. The Labute approximate surface area is 167 Å². The predicted molar refractivity (Wildman–Crippen MR) is 112 cm³/mol. The van der Waals surface area contributed by atoms with E-state index in [9.17, 15) is 9.59 Å². The minimum Gasteiger partial charge on any atom is -0.372 e. The molecule has 1 aliphatic heterocycles. The summed E-state index contributed by atoms with van der Waals surface area (Å²) in [5.74, 6) is -0.190. The van der Waals surface area contributed by atoms with Crippen LogP contribution in [0, 0.1) is 5.92 Å². The van der Waals surface area contributed by atoms with Crippen LogP contribution in [-0.4, -0.2) is 42.9 Å². The van der Waals surface area contributed by atoms with E-state index in [0.717, 1.165) is 25.1 Å². The van der Waals surface area contributed by atoms with Crippen molar-refractivity contribution in [3.05, 3.63) is 66.2 Å². The lowest BCUT2D eigenvalue weighted by molar-refractivity contribution is -0.129. The third-order valence-electron chi connectivity index (χ3n) is 5.21. The molecule has 0 unspecified atom stereocenters. The van der Waals surface area contributed by atoms with Gasteiger partial charge in [0, 0.05) is 44.8 Å². The Morgan fingerprint density at radius 2 is 1.79 bits per heavy atom. The standard InChI is InChI=1S/C23H29N3O2/c1-2-25(21-12-7-4-8-13-21)15-9-14-24-23(28)20-16-22(27)26(18-20)17-19-10-5-3-6-11-19/h3-8,10-13,20H,2,9,14-18H2,1H3,(H,24,28)/t20-/m0/s1. The number of benzene rings is 2. The van der Waals surface area contributed by atoms with Crippen LogP contribution >= 0.6 is 0 Å². The Bertz CT molecular complexity index is 764. The van der Waals surface area contributed by atoms with Crippen molar-refractivity contribution in [3.8, 4) is 0 Å². The van der Waals surface area contributed by atoms with E-state index < -0.39 is 0 Å². The minimum atomic E-state index is -0.243. The highest BCUT2D eigenvalue weighted by Crippen LogP contribution is 2.20. The molecule has 1 atom stereocenters. The van der Waals surface area contributed by atoms with Crippen molar-refractivity contribution in [2.75, 3.05) is 31.1 Å². The molecule has 0 aliphatic carbocycles. The van der Waals surface area contributed by atoms with Gasteiger partial charge in [-0.1, -0.05) is 48.5 Å². The van der Waals surface area contributed by atoms with Crippen LogP contribution in [-0.2, 0) is 16.1 Å². The zero-order chi connectivity index (χ0) is 19.8. The first kappa shape index (κ1) is 19.9. The number of likely N-dealkylation sites (tertiary alicyclic amines) is 1. The Morgan fingerprint density at radius 3 is 2.46 bits per heavy atom. The molecule has 0 radical (unpaired) electrons. The molecular weight excluding hydrogens is 350 g/mol. The summed E-state index contributed by atoms with van der Waals surface area (Å²) in [6.45, 7) is 5.67. The summed E-state index contributed by atoms with van der Waals surface area (Å²) >= 11 is 0. The molecule has 2 amide bonds. The molecule has 1 aliphatic rings. The Kier molecular flexibility index (Phi) is 7.06. The van der Waals surface area contributed by atoms with E-state index in [4.69, 9.17) is 0 Å². The van der Waals surface area contributed by atoms with Crippen molar-refractivity contribution >= 4 is 17.5 Å². The SMILES string of the molecule is CCN(CCCNC(=O)[C@H]1CC(=O)N(Cc2ccccc2)C1)c1ccccc1. The van der Waals surface area contributed by atoms with E-state index >= 15 is 0 Å². The maximum absolute atomic E-state index is 12.5. The third-order valence-corrected chi connectivity index (χ3v) is 5.21. The van der Waals surface area contributed by atoms with Crippen molar-refractivity contribution in [2.24, 2.45) is 5.92 Å². The minimum absolute atomic E-state index is 0.00771. The van der Waals surface area contributed by atoms with E-state index in [-0.39, 0.29) is 17.7 Å². The second-order valence-corrected chi connectivity index (χ2v) is 7.22. The van der Waals surface area contributed by atoms with E-state index in [2.05, 4.69) is 29.3 Å². The number of amides is 2. The maximum Gasteiger partial charge on any atom is 0.225 e. The Balaban J connectivity index is 1.41. The third kappa shape index (κ3) is 5.35. The van der Waals surface area contributed by atoms with Crippen LogP contribution in [0.25, 0.3) is 0 Å². The molecule has 2 aromatic carbocycles. The second-order valence-electron chi connectivity index (χ2n) is 7.22. The predicted octanol–water partition coefficient (Wildman–Crippen LogP) is 3.07. The Hall–Kier alpha value is -2.82. The fourth-order valence-electron chi connectivity index (χ4n) is 3.64. The zero-order valence-corrected chi connectivity index (χ0v) is 16.5. The van der Waals surface area contributed by atoms with E-state index in [1.54, 1.807) is 4.90 Å². The molecule has 148 valence electrons. The molecule has 1 saturated heterocycles. The van der Waals surface area contributed by atoms with Crippen molar-refractivity contribution in [2.45, 2.75) is 26.3 Å². The molecule has 5 heteroatoms. The van der Waals surface area contributed by atoms with Gasteiger partial charge in [-0.2, -0.15) is 0 Å². The summed E-state index contributed by atoms with van der Waals surface area (Å²) in [6.07, 6.45) is 1.19. The van der Waals surface area contributed by atoms with Crippen LogP contribution in [0.3, 0.4) is 0 Å². The highest BCUT2D eigenvalue weighted by atomic mass is 16.2. The largest absolute Gasteiger partial charge is 0.372 e. The first-order chi connectivity index (χ1) is 13.7. The van der Waals surface area contributed by atoms with Gasteiger partial charge in [0.15, 0.2) is 0 Å². The highest BCUT2D eigenvalue weighted by molar-refractivity contribution is 5.89. The number of anilines is 1. The molecule has 2 aromatic rings. The normalized spacial score (nSPS) is 16.2. The lowest BCUT2D eigenvalue weighted by Crippen LogP contribution is -2.35. The monoisotopic (exact) mass is 379 g/mol. The molecule has 3 rings (SSSR count).